The zero-order valence-corrected chi connectivity index (χ0v) is 17.7. The Morgan fingerprint density at radius 1 is 1.14 bits per heavy atom. The second-order valence-corrected chi connectivity index (χ2v) is 9.39. The van der Waals surface area contributed by atoms with Gasteiger partial charge in [0.05, 0.1) is 12.2 Å². The summed E-state index contributed by atoms with van der Waals surface area (Å²) in [6.45, 7) is 9.05. The summed E-state index contributed by atoms with van der Waals surface area (Å²) in [5.74, 6) is 3.82. The fraction of sp³-hybridized carbons (Fsp3) is 0.619. The molecule has 0 atom stereocenters. The third-order valence-corrected chi connectivity index (χ3v) is 6.00. The molecule has 0 amide bonds. The highest BCUT2D eigenvalue weighted by Crippen LogP contribution is 2.26. The molecule has 154 valence electrons. The van der Waals surface area contributed by atoms with Crippen molar-refractivity contribution < 1.29 is 4.42 Å². The summed E-state index contributed by atoms with van der Waals surface area (Å²) < 4.78 is 7.87. The summed E-state index contributed by atoms with van der Waals surface area (Å²) in [7, 11) is 2.15. The van der Waals surface area contributed by atoms with Gasteiger partial charge in [-0.05, 0) is 38.4 Å². The Morgan fingerprint density at radius 3 is 2.69 bits per heavy atom. The number of aromatic nitrogens is 5. The van der Waals surface area contributed by atoms with Crippen LogP contribution in [0.3, 0.4) is 0 Å². The zero-order valence-electron chi connectivity index (χ0n) is 17.7. The van der Waals surface area contributed by atoms with Gasteiger partial charge in [0.25, 0.3) is 0 Å². The number of anilines is 1. The quantitative estimate of drug-likeness (QED) is 0.672. The molecule has 29 heavy (non-hydrogen) atoms. The third kappa shape index (κ3) is 3.39. The van der Waals surface area contributed by atoms with Gasteiger partial charge in [0.2, 0.25) is 5.89 Å². The van der Waals surface area contributed by atoms with Crippen molar-refractivity contribution in [1.82, 2.24) is 29.7 Å². The lowest BCUT2D eigenvalue weighted by Gasteiger charge is -2.44. The molecule has 0 unspecified atom stereocenters. The van der Waals surface area contributed by atoms with E-state index in [1.807, 2.05) is 16.6 Å². The van der Waals surface area contributed by atoms with Crippen LogP contribution in [0, 0.1) is 0 Å². The highest BCUT2D eigenvalue weighted by molar-refractivity contribution is 5.48. The van der Waals surface area contributed by atoms with Crippen molar-refractivity contribution in [3.63, 3.8) is 0 Å². The minimum absolute atomic E-state index is 0.0993. The summed E-state index contributed by atoms with van der Waals surface area (Å²) in [5.41, 5.74) is 1.87. The summed E-state index contributed by atoms with van der Waals surface area (Å²) in [6, 6.07) is 4.51. The van der Waals surface area contributed by atoms with Crippen LogP contribution in [0.5, 0.6) is 0 Å². The summed E-state index contributed by atoms with van der Waals surface area (Å²) in [4.78, 5) is 9.36. The average Bonchev–Trinajstić information content (AvgIpc) is 3.22. The van der Waals surface area contributed by atoms with Gasteiger partial charge >= 0.3 is 0 Å². The number of rotatable bonds is 4. The molecule has 0 saturated carbocycles. The van der Waals surface area contributed by atoms with Gasteiger partial charge in [-0.15, -0.1) is 15.3 Å². The number of fused-ring (bicyclic) bond motifs is 2. The Labute approximate surface area is 170 Å². The zero-order chi connectivity index (χ0) is 20.2. The molecule has 1 aliphatic heterocycles. The van der Waals surface area contributed by atoms with Gasteiger partial charge in [-0.25, -0.2) is 4.98 Å². The fourth-order valence-corrected chi connectivity index (χ4v) is 4.15. The van der Waals surface area contributed by atoms with Crippen molar-refractivity contribution in [2.45, 2.75) is 64.5 Å². The van der Waals surface area contributed by atoms with E-state index in [1.54, 1.807) is 0 Å². The lowest BCUT2D eigenvalue weighted by atomic mass is 9.96. The molecule has 3 aromatic rings. The number of nitrogens with zero attached hydrogens (tertiary/aromatic N) is 7. The largest absolute Gasteiger partial charge is 0.444 e. The Balaban J connectivity index is 1.25. The molecule has 4 heterocycles. The van der Waals surface area contributed by atoms with Gasteiger partial charge in [0.1, 0.15) is 11.6 Å². The van der Waals surface area contributed by atoms with Crippen molar-refractivity contribution in [2.75, 3.05) is 25.0 Å². The molecule has 0 spiro atoms. The summed E-state index contributed by atoms with van der Waals surface area (Å²) in [6.07, 6.45) is 4.55. The minimum atomic E-state index is -0.0993. The second kappa shape index (κ2) is 6.79. The van der Waals surface area contributed by atoms with Gasteiger partial charge in [-0.1, -0.05) is 20.8 Å². The lowest BCUT2D eigenvalue weighted by molar-refractivity contribution is 0.179. The summed E-state index contributed by atoms with van der Waals surface area (Å²) >= 11 is 0. The molecular weight excluding hydrogens is 366 g/mol. The Bertz CT molecular complexity index is 1000. The van der Waals surface area contributed by atoms with E-state index in [0.717, 1.165) is 61.4 Å². The lowest BCUT2D eigenvalue weighted by Crippen LogP contribution is -2.58. The number of likely N-dealkylation sites (N-methyl/N-ethyl adjacent to an activating group) is 1. The van der Waals surface area contributed by atoms with Crippen molar-refractivity contribution in [1.29, 1.82) is 0 Å². The second-order valence-electron chi connectivity index (χ2n) is 9.39. The van der Waals surface area contributed by atoms with Crippen LogP contribution < -0.4 is 4.90 Å². The first-order valence-electron chi connectivity index (χ1n) is 10.5. The average molecular weight is 396 g/mol. The normalized spacial score (nSPS) is 17.8. The SMILES string of the molecule is CN(Cc1nc2c(o1)CCCC2)C1CN(c2ccc3nnc(C(C)(C)C)n3n2)C1. The highest BCUT2D eigenvalue weighted by atomic mass is 16.4. The van der Waals surface area contributed by atoms with Crippen LogP contribution in [0.15, 0.2) is 16.5 Å². The van der Waals surface area contributed by atoms with E-state index in [-0.39, 0.29) is 5.41 Å². The maximum absolute atomic E-state index is 6.00. The van der Waals surface area contributed by atoms with Gasteiger partial charge in [-0.3, -0.25) is 4.90 Å². The third-order valence-electron chi connectivity index (χ3n) is 6.00. The molecule has 2 aliphatic rings. The van der Waals surface area contributed by atoms with Gasteiger partial charge in [0.15, 0.2) is 11.5 Å². The van der Waals surface area contributed by atoms with E-state index < -0.39 is 0 Å². The maximum atomic E-state index is 6.00. The standard InChI is InChI=1S/C21H29N7O/c1-21(2,3)20-24-23-17-9-10-18(25-28(17)20)27-11-14(12-27)26(4)13-19-22-15-7-5-6-8-16(15)29-19/h9-10,14H,5-8,11-13H2,1-4H3. The van der Waals surface area contributed by atoms with Crippen LogP contribution in [0.1, 0.15) is 56.8 Å². The molecule has 0 N–H and O–H groups in total. The van der Waals surface area contributed by atoms with Crippen LogP contribution in [0.4, 0.5) is 5.82 Å². The fourth-order valence-electron chi connectivity index (χ4n) is 4.15. The number of hydrogen-bond donors (Lipinski definition) is 0. The van der Waals surface area contributed by atoms with E-state index in [9.17, 15) is 0 Å². The number of aryl methyl sites for hydroxylation is 2. The minimum Gasteiger partial charge on any atom is -0.444 e. The molecule has 8 nitrogen and oxygen atoms in total. The molecule has 1 saturated heterocycles. The number of oxazole rings is 1. The van der Waals surface area contributed by atoms with Gasteiger partial charge in [0, 0.05) is 31.0 Å². The molecule has 0 aromatic carbocycles. The smallest absolute Gasteiger partial charge is 0.208 e. The van der Waals surface area contributed by atoms with Gasteiger partial charge in [-0.2, -0.15) is 4.52 Å². The first-order chi connectivity index (χ1) is 13.9. The maximum Gasteiger partial charge on any atom is 0.208 e. The first-order valence-corrected chi connectivity index (χ1v) is 10.5. The molecule has 8 heteroatoms. The van der Waals surface area contributed by atoms with Crippen LogP contribution >= 0.6 is 0 Å². The molecule has 1 aliphatic carbocycles. The van der Waals surface area contributed by atoms with Crippen molar-refractivity contribution >= 4 is 11.5 Å². The molecule has 0 radical (unpaired) electrons. The van der Waals surface area contributed by atoms with E-state index in [4.69, 9.17) is 14.5 Å². The van der Waals surface area contributed by atoms with Crippen LogP contribution in [-0.4, -0.2) is 55.9 Å². The number of hydrogen-bond acceptors (Lipinski definition) is 7. The van der Waals surface area contributed by atoms with Crippen molar-refractivity contribution in [3.05, 3.63) is 35.3 Å². The molecule has 5 rings (SSSR count). The van der Waals surface area contributed by atoms with E-state index in [2.05, 4.69) is 47.8 Å². The molecule has 3 aromatic heterocycles. The van der Waals surface area contributed by atoms with Crippen LogP contribution in [0.25, 0.3) is 5.65 Å². The van der Waals surface area contributed by atoms with Crippen LogP contribution in [0.2, 0.25) is 0 Å². The molecule has 1 fully saturated rings. The van der Waals surface area contributed by atoms with Crippen molar-refractivity contribution in [3.8, 4) is 0 Å². The Morgan fingerprint density at radius 2 is 1.93 bits per heavy atom. The van der Waals surface area contributed by atoms with E-state index in [0.29, 0.717) is 6.04 Å². The van der Waals surface area contributed by atoms with E-state index in [1.165, 1.54) is 18.5 Å². The predicted octanol–water partition coefficient (Wildman–Crippen LogP) is 2.61. The first kappa shape index (κ1) is 18.5. The van der Waals surface area contributed by atoms with Gasteiger partial charge < -0.3 is 9.32 Å². The van der Waals surface area contributed by atoms with Crippen molar-refractivity contribution in [2.24, 2.45) is 0 Å². The summed E-state index contributed by atoms with van der Waals surface area (Å²) in [5, 5.41) is 13.4. The predicted molar refractivity (Wildman–Crippen MR) is 110 cm³/mol. The highest BCUT2D eigenvalue weighted by Gasteiger charge is 2.32. The monoisotopic (exact) mass is 395 g/mol. The molecular formula is C21H29N7O. The Kier molecular flexibility index (Phi) is 4.34. The van der Waals surface area contributed by atoms with Crippen LogP contribution in [-0.2, 0) is 24.8 Å². The Hall–Kier alpha value is -2.48. The van der Waals surface area contributed by atoms with E-state index >= 15 is 0 Å². The topological polar surface area (TPSA) is 75.6 Å². The molecule has 0 bridgehead atoms.